The molecule has 1 N–H and O–H groups in total. The van der Waals surface area contributed by atoms with Crippen LogP contribution in [0.1, 0.15) is 16.1 Å². The minimum absolute atomic E-state index is 0.234. The van der Waals surface area contributed by atoms with Crippen molar-refractivity contribution in [3.8, 4) is 22.9 Å². The summed E-state index contributed by atoms with van der Waals surface area (Å²) in [6, 6.07) is 12.6. The molecule has 0 spiro atoms. The van der Waals surface area contributed by atoms with Gasteiger partial charge in [0.05, 0.1) is 30.3 Å². The molecule has 2 heterocycles. The van der Waals surface area contributed by atoms with E-state index in [1.54, 1.807) is 38.5 Å². The van der Waals surface area contributed by atoms with Crippen molar-refractivity contribution in [2.45, 2.75) is 6.92 Å². The fraction of sp³-hybridized carbons (Fsp3) is 0.118. The van der Waals surface area contributed by atoms with E-state index in [1.165, 1.54) is 0 Å². The van der Waals surface area contributed by atoms with Crippen LogP contribution in [-0.4, -0.2) is 22.8 Å². The average molecular weight is 297 g/mol. The van der Waals surface area contributed by atoms with Gasteiger partial charge in [0.15, 0.2) is 5.76 Å². The van der Waals surface area contributed by atoms with E-state index in [2.05, 4.69) is 0 Å². The number of aromatic nitrogens is 1. The predicted octanol–water partition coefficient (Wildman–Crippen LogP) is 3.75. The maximum absolute atomic E-state index is 11.5. The number of nitrogens with zero attached hydrogens (tertiary/aromatic N) is 1. The zero-order valence-electron chi connectivity index (χ0n) is 12.2. The smallest absolute Gasteiger partial charge is 0.337 e. The lowest BCUT2D eigenvalue weighted by atomic mass is 10.2. The molecule has 5 nitrogen and oxygen atoms in total. The first kappa shape index (κ1) is 14.0. The lowest BCUT2D eigenvalue weighted by Gasteiger charge is -2.14. The zero-order valence-corrected chi connectivity index (χ0v) is 12.2. The van der Waals surface area contributed by atoms with Crippen LogP contribution in [0.2, 0.25) is 0 Å². The maximum atomic E-state index is 11.5. The molecular formula is C17H15NO4. The number of hydrogen-bond donors (Lipinski definition) is 1. The molecule has 0 radical (unpaired) electrons. The highest BCUT2D eigenvalue weighted by molar-refractivity contribution is 5.91. The molecule has 0 aliphatic heterocycles. The average Bonchev–Trinajstić information content (AvgIpc) is 3.14. The normalized spacial score (nSPS) is 10.6. The molecule has 5 heteroatoms. The Hall–Kier alpha value is -2.95. The molecule has 0 saturated heterocycles. The number of hydrogen-bond acceptors (Lipinski definition) is 3. The summed E-state index contributed by atoms with van der Waals surface area (Å²) in [6.07, 6.45) is 1.56. The van der Waals surface area contributed by atoms with E-state index < -0.39 is 5.97 Å². The van der Waals surface area contributed by atoms with Gasteiger partial charge in [-0.2, -0.15) is 0 Å². The third-order valence-electron chi connectivity index (χ3n) is 3.58. The van der Waals surface area contributed by atoms with E-state index in [4.69, 9.17) is 9.15 Å². The summed E-state index contributed by atoms with van der Waals surface area (Å²) in [7, 11) is 1.59. The van der Waals surface area contributed by atoms with Crippen LogP contribution in [-0.2, 0) is 0 Å². The van der Waals surface area contributed by atoms with Crippen molar-refractivity contribution in [1.82, 2.24) is 4.57 Å². The maximum Gasteiger partial charge on any atom is 0.337 e. The van der Waals surface area contributed by atoms with Gasteiger partial charge >= 0.3 is 5.97 Å². The molecule has 0 fully saturated rings. The van der Waals surface area contributed by atoms with Gasteiger partial charge in [0.1, 0.15) is 5.75 Å². The van der Waals surface area contributed by atoms with Crippen molar-refractivity contribution in [2.24, 2.45) is 0 Å². The van der Waals surface area contributed by atoms with E-state index in [0.29, 0.717) is 22.9 Å². The quantitative estimate of drug-likeness (QED) is 0.796. The lowest BCUT2D eigenvalue weighted by Crippen LogP contribution is -2.04. The van der Waals surface area contributed by atoms with Crippen molar-refractivity contribution in [3.63, 3.8) is 0 Å². The summed E-state index contributed by atoms with van der Waals surface area (Å²) in [5.74, 6) is 0.284. The van der Waals surface area contributed by atoms with Gasteiger partial charge in [-0.05, 0) is 37.3 Å². The Balaban J connectivity index is 2.32. The molecule has 0 bridgehead atoms. The van der Waals surface area contributed by atoms with Gasteiger partial charge in [0.2, 0.25) is 0 Å². The van der Waals surface area contributed by atoms with E-state index >= 15 is 0 Å². The number of rotatable bonds is 4. The van der Waals surface area contributed by atoms with Gasteiger partial charge in [0, 0.05) is 5.69 Å². The van der Waals surface area contributed by atoms with E-state index in [9.17, 15) is 9.90 Å². The molecule has 0 aliphatic rings. The molecule has 2 aromatic heterocycles. The van der Waals surface area contributed by atoms with Gasteiger partial charge in [-0.15, -0.1) is 0 Å². The van der Waals surface area contributed by atoms with Gasteiger partial charge in [-0.3, -0.25) is 0 Å². The topological polar surface area (TPSA) is 64.6 Å². The number of carboxylic acids is 1. The summed E-state index contributed by atoms with van der Waals surface area (Å²) < 4.78 is 12.7. The van der Waals surface area contributed by atoms with Crippen molar-refractivity contribution < 1.29 is 19.1 Å². The number of carboxylic acid groups (broad SMARTS) is 1. The van der Waals surface area contributed by atoms with E-state index in [-0.39, 0.29) is 5.56 Å². The van der Waals surface area contributed by atoms with Crippen LogP contribution in [0, 0.1) is 6.92 Å². The van der Waals surface area contributed by atoms with E-state index in [0.717, 1.165) is 5.69 Å². The number of aromatic carboxylic acids is 1. The second-order valence-corrected chi connectivity index (χ2v) is 4.82. The standard InChI is InChI=1S/C17H15NO4/c1-11-12(17(19)20)10-14(16-8-5-9-22-16)18(11)13-6-3-4-7-15(13)21-2/h3-10H,1-2H3,(H,19,20). The summed E-state index contributed by atoms with van der Waals surface area (Å²) >= 11 is 0. The Bertz CT molecular complexity index is 815. The van der Waals surface area contributed by atoms with Crippen LogP contribution in [0.15, 0.2) is 53.1 Å². The second kappa shape index (κ2) is 5.44. The van der Waals surface area contributed by atoms with Crippen LogP contribution in [0.25, 0.3) is 17.1 Å². The lowest BCUT2D eigenvalue weighted by molar-refractivity contribution is 0.0696. The van der Waals surface area contributed by atoms with Crippen molar-refractivity contribution in [3.05, 3.63) is 60.0 Å². The number of methoxy groups -OCH3 is 1. The molecule has 0 atom stereocenters. The number of benzene rings is 1. The minimum atomic E-state index is -0.973. The number of furan rings is 1. The summed E-state index contributed by atoms with van der Waals surface area (Å²) in [5.41, 5.74) is 2.28. The SMILES string of the molecule is COc1ccccc1-n1c(-c2ccco2)cc(C(=O)O)c1C. The Labute approximate surface area is 127 Å². The summed E-state index contributed by atoms with van der Waals surface area (Å²) in [5, 5.41) is 9.40. The van der Waals surface area contributed by atoms with Crippen LogP contribution >= 0.6 is 0 Å². The van der Waals surface area contributed by atoms with Gasteiger partial charge in [-0.1, -0.05) is 12.1 Å². The van der Waals surface area contributed by atoms with Crippen LogP contribution < -0.4 is 4.74 Å². The van der Waals surface area contributed by atoms with Gasteiger partial charge in [0.25, 0.3) is 0 Å². The van der Waals surface area contributed by atoms with Crippen LogP contribution in [0.5, 0.6) is 5.75 Å². The molecular weight excluding hydrogens is 282 g/mol. The highest BCUT2D eigenvalue weighted by Gasteiger charge is 2.21. The molecule has 0 saturated carbocycles. The highest BCUT2D eigenvalue weighted by Crippen LogP contribution is 2.33. The van der Waals surface area contributed by atoms with Crippen LogP contribution in [0.3, 0.4) is 0 Å². The molecule has 0 amide bonds. The molecule has 22 heavy (non-hydrogen) atoms. The third-order valence-corrected chi connectivity index (χ3v) is 3.58. The monoisotopic (exact) mass is 297 g/mol. The van der Waals surface area contributed by atoms with Crippen molar-refractivity contribution >= 4 is 5.97 Å². The molecule has 3 aromatic rings. The Morgan fingerprint density at radius 3 is 2.64 bits per heavy atom. The molecule has 112 valence electrons. The Morgan fingerprint density at radius 1 is 1.23 bits per heavy atom. The number of ether oxygens (including phenoxy) is 1. The second-order valence-electron chi connectivity index (χ2n) is 4.82. The molecule has 0 aliphatic carbocycles. The Morgan fingerprint density at radius 2 is 2.00 bits per heavy atom. The molecule has 1 aromatic carbocycles. The first-order valence-electron chi connectivity index (χ1n) is 6.76. The summed E-state index contributed by atoms with van der Waals surface area (Å²) in [4.78, 5) is 11.5. The Kier molecular flexibility index (Phi) is 3.47. The first-order valence-corrected chi connectivity index (χ1v) is 6.76. The third kappa shape index (κ3) is 2.16. The number of para-hydroxylation sites is 2. The zero-order chi connectivity index (χ0) is 15.7. The van der Waals surface area contributed by atoms with E-state index in [1.807, 2.05) is 28.8 Å². The minimum Gasteiger partial charge on any atom is -0.495 e. The van der Waals surface area contributed by atoms with Crippen molar-refractivity contribution in [1.29, 1.82) is 0 Å². The fourth-order valence-corrected chi connectivity index (χ4v) is 2.55. The fourth-order valence-electron chi connectivity index (χ4n) is 2.55. The van der Waals surface area contributed by atoms with Crippen molar-refractivity contribution in [2.75, 3.05) is 7.11 Å². The molecule has 3 rings (SSSR count). The van der Waals surface area contributed by atoms with Gasteiger partial charge < -0.3 is 18.8 Å². The number of carbonyl (C=O) groups is 1. The summed E-state index contributed by atoms with van der Waals surface area (Å²) in [6.45, 7) is 1.77. The first-order chi connectivity index (χ1) is 10.6. The molecule has 0 unspecified atom stereocenters. The highest BCUT2D eigenvalue weighted by atomic mass is 16.5. The largest absolute Gasteiger partial charge is 0.495 e. The predicted molar refractivity (Wildman–Crippen MR) is 81.7 cm³/mol. The van der Waals surface area contributed by atoms with Crippen LogP contribution in [0.4, 0.5) is 0 Å². The van der Waals surface area contributed by atoms with Gasteiger partial charge in [-0.25, -0.2) is 4.79 Å².